The van der Waals surface area contributed by atoms with Gasteiger partial charge in [-0.25, -0.2) is 14.6 Å². The molecule has 1 aromatic heterocycles. The van der Waals surface area contributed by atoms with Crippen molar-refractivity contribution in [3.63, 3.8) is 0 Å². The fraction of sp³-hybridized carbons (Fsp3) is 0.417. The second-order valence-corrected chi connectivity index (χ2v) is 7.62. The summed E-state index contributed by atoms with van der Waals surface area (Å²) >= 11 is 12.2. The minimum absolute atomic E-state index is 0.0746. The van der Waals surface area contributed by atoms with E-state index in [9.17, 15) is 9.59 Å². The third kappa shape index (κ3) is 4.05. The molecule has 0 saturated heterocycles. The molecule has 1 rings (SSSR count). The molecule has 21 heavy (non-hydrogen) atoms. The Bertz CT molecular complexity index is 563. The summed E-state index contributed by atoms with van der Waals surface area (Å²) in [4.78, 5) is 28.2. The predicted octanol–water partition coefficient (Wildman–Crippen LogP) is 4.93. The monoisotopic (exact) mass is 549 g/mol. The van der Waals surface area contributed by atoms with E-state index in [4.69, 9.17) is 0 Å². The van der Waals surface area contributed by atoms with Crippen molar-refractivity contribution in [1.29, 1.82) is 0 Å². The number of hydrogen-bond donors (Lipinski definition) is 0. The van der Waals surface area contributed by atoms with E-state index in [1.54, 1.807) is 0 Å². The molecule has 0 aliphatic heterocycles. The Balaban J connectivity index is 3.81. The van der Waals surface area contributed by atoms with Crippen molar-refractivity contribution >= 4 is 76.3 Å². The number of rotatable bonds is 5. The van der Waals surface area contributed by atoms with E-state index >= 15 is 0 Å². The maximum absolute atomic E-state index is 12.0. The normalized spacial score (nSPS) is 10.6. The lowest BCUT2D eigenvalue weighted by atomic mass is 9.96. The fourth-order valence-corrected chi connectivity index (χ4v) is 3.44. The van der Waals surface area contributed by atoms with Crippen molar-refractivity contribution in [1.82, 2.24) is 4.98 Å². The largest absolute Gasteiger partial charge is 0.380 e. The molecular formula is C12H11Br4NO4. The summed E-state index contributed by atoms with van der Waals surface area (Å²) in [5.74, 6) is -1.45. The third-order valence-electron chi connectivity index (χ3n) is 2.87. The van der Waals surface area contributed by atoms with Crippen molar-refractivity contribution in [2.45, 2.75) is 30.4 Å². The second kappa shape index (κ2) is 8.59. The van der Waals surface area contributed by atoms with Gasteiger partial charge in [-0.1, -0.05) is 45.7 Å². The summed E-state index contributed by atoms with van der Waals surface area (Å²) in [7, 11) is 0. The summed E-state index contributed by atoms with van der Waals surface area (Å²) < 4.78 is 8.94. The molecule has 0 bridgehead atoms. The highest BCUT2D eigenvalue weighted by atomic mass is 79.9. The van der Waals surface area contributed by atoms with Gasteiger partial charge in [-0.3, -0.25) is 0 Å². The highest BCUT2D eigenvalue weighted by molar-refractivity contribution is 9.24. The van der Waals surface area contributed by atoms with E-state index in [1.807, 2.05) is 13.8 Å². The van der Waals surface area contributed by atoms with Crippen LogP contribution in [0, 0.1) is 0 Å². The van der Waals surface area contributed by atoms with Crippen LogP contribution >= 0.6 is 64.4 Å². The zero-order valence-corrected chi connectivity index (χ0v) is 17.4. The first-order valence-electron chi connectivity index (χ1n) is 5.92. The first-order chi connectivity index (χ1) is 9.92. The molecule has 1 heterocycles. The summed E-state index contributed by atoms with van der Waals surface area (Å²) in [6, 6.07) is 0. The van der Waals surface area contributed by atoms with E-state index < -0.39 is 11.9 Å². The zero-order valence-electron chi connectivity index (χ0n) is 11.1. The van der Waals surface area contributed by atoms with Gasteiger partial charge >= 0.3 is 11.9 Å². The summed E-state index contributed by atoms with van der Waals surface area (Å²) in [5, 5.41) is 0. The quantitative estimate of drug-likeness (QED) is 0.485. The second-order valence-electron chi connectivity index (χ2n) is 3.91. The van der Waals surface area contributed by atoms with E-state index in [0.29, 0.717) is 24.1 Å². The standard InChI is InChI=1S/C12H11Br4NO4/c1-3-5-7(10(13)14)6(4-2)17-9(12(19)21-16)8(5)11(18)20-15/h10H,3-4H2,1-2H3. The smallest absolute Gasteiger partial charge is 0.369 e. The van der Waals surface area contributed by atoms with Gasteiger partial charge in [-0.2, -0.15) is 0 Å². The van der Waals surface area contributed by atoms with Crippen LogP contribution in [0.2, 0.25) is 0 Å². The Morgan fingerprint density at radius 2 is 1.67 bits per heavy atom. The molecule has 0 saturated carbocycles. The van der Waals surface area contributed by atoms with Gasteiger partial charge in [0.15, 0.2) is 38.2 Å². The summed E-state index contributed by atoms with van der Waals surface area (Å²) in [6.07, 6.45) is 1.13. The molecule has 0 radical (unpaired) electrons. The molecular weight excluding hydrogens is 542 g/mol. The highest BCUT2D eigenvalue weighted by Crippen LogP contribution is 2.37. The van der Waals surface area contributed by atoms with Gasteiger partial charge in [0.25, 0.3) is 0 Å². The number of pyridine rings is 1. The molecule has 0 amide bonds. The van der Waals surface area contributed by atoms with Crippen LogP contribution in [0.4, 0.5) is 0 Å². The Morgan fingerprint density at radius 1 is 1.10 bits per heavy atom. The van der Waals surface area contributed by atoms with Crippen molar-refractivity contribution in [3.8, 4) is 0 Å². The molecule has 9 heteroatoms. The lowest BCUT2D eigenvalue weighted by Crippen LogP contribution is -2.19. The van der Waals surface area contributed by atoms with Crippen LogP contribution in [0.15, 0.2) is 0 Å². The number of halogens is 4. The van der Waals surface area contributed by atoms with Crippen LogP contribution in [0.25, 0.3) is 0 Å². The fourth-order valence-electron chi connectivity index (χ4n) is 2.04. The molecule has 0 aliphatic rings. The van der Waals surface area contributed by atoms with Gasteiger partial charge in [0.1, 0.15) is 0 Å². The maximum Gasteiger partial charge on any atom is 0.369 e. The number of aryl methyl sites for hydroxylation is 1. The first-order valence-corrected chi connectivity index (χ1v) is 9.05. The van der Waals surface area contributed by atoms with Gasteiger partial charge in [0, 0.05) is 11.3 Å². The van der Waals surface area contributed by atoms with Gasteiger partial charge in [0.2, 0.25) is 0 Å². The Kier molecular flexibility index (Phi) is 7.80. The maximum atomic E-state index is 12.0. The van der Waals surface area contributed by atoms with Crippen LogP contribution in [0.1, 0.15) is 55.3 Å². The van der Waals surface area contributed by atoms with E-state index in [0.717, 1.165) is 5.56 Å². The number of aromatic nitrogens is 1. The molecule has 0 unspecified atom stereocenters. The minimum atomic E-state index is -0.750. The third-order valence-corrected chi connectivity index (χ3v) is 4.37. The molecule has 0 atom stereocenters. The molecule has 5 nitrogen and oxygen atoms in total. The molecule has 0 spiro atoms. The Morgan fingerprint density at radius 3 is 2.05 bits per heavy atom. The minimum Gasteiger partial charge on any atom is -0.380 e. The van der Waals surface area contributed by atoms with Crippen LogP contribution in [0.5, 0.6) is 0 Å². The number of nitrogens with zero attached hydrogens (tertiary/aromatic N) is 1. The molecule has 1 aromatic rings. The average Bonchev–Trinajstić information content (AvgIpc) is 2.50. The summed E-state index contributed by atoms with van der Waals surface area (Å²) in [6.45, 7) is 3.80. The average molecular weight is 553 g/mol. The van der Waals surface area contributed by atoms with Gasteiger partial charge < -0.3 is 7.66 Å². The van der Waals surface area contributed by atoms with Gasteiger partial charge in [-0.15, -0.1) is 0 Å². The molecule has 116 valence electrons. The van der Waals surface area contributed by atoms with E-state index in [1.165, 1.54) is 0 Å². The highest BCUT2D eigenvalue weighted by Gasteiger charge is 2.29. The lowest BCUT2D eigenvalue weighted by Gasteiger charge is -2.18. The van der Waals surface area contributed by atoms with Crippen LogP contribution in [-0.2, 0) is 20.5 Å². The zero-order chi connectivity index (χ0) is 16.2. The van der Waals surface area contributed by atoms with Gasteiger partial charge in [0.05, 0.1) is 9.30 Å². The number of alkyl halides is 2. The summed E-state index contributed by atoms with van der Waals surface area (Å²) in [5.41, 5.74) is 2.21. The van der Waals surface area contributed by atoms with Crippen molar-refractivity contribution in [2.75, 3.05) is 0 Å². The first kappa shape index (κ1) is 19.1. The van der Waals surface area contributed by atoms with E-state index in [-0.39, 0.29) is 15.0 Å². The molecule has 0 fully saturated rings. The van der Waals surface area contributed by atoms with Crippen LogP contribution in [0.3, 0.4) is 0 Å². The number of carbonyl (C=O) groups excluding carboxylic acids is 2. The number of carbonyl (C=O) groups is 2. The van der Waals surface area contributed by atoms with E-state index in [2.05, 4.69) is 77.0 Å². The molecule has 0 aliphatic carbocycles. The van der Waals surface area contributed by atoms with Crippen molar-refractivity contribution < 1.29 is 17.2 Å². The topological polar surface area (TPSA) is 65.5 Å². The molecule has 0 aromatic carbocycles. The number of hydrogen-bond acceptors (Lipinski definition) is 5. The molecule has 0 N–H and O–H groups in total. The van der Waals surface area contributed by atoms with Crippen molar-refractivity contribution in [2.24, 2.45) is 0 Å². The predicted molar refractivity (Wildman–Crippen MR) is 92.3 cm³/mol. The van der Waals surface area contributed by atoms with Crippen LogP contribution in [-0.4, -0.2) is 16.9 Å². The van der Waals surface area contributed by atoms with Crippen LogP contribution < -0.4 is 0 Å². The SMILES string of the molecule is CCc1nc(C(=O)OBr)c(C(=O)OBr)c(CC)c1C(Br)Br. The Labute approximate surface area is 156 Å². The Hall–Kier alpha value is 0.0100. The lowest BCUT2D eigenvalue weighted by molar-refractivity contribution is 0.0734. The van der Waals surface area contributed by atoms with Gasteiger partial charge in [-0.05, 0) is 18.4 Å². The van der Waals surface area contributed by atoms with Crippen molar-refractivity contribution in [3.05, 3.63) is 28.1 Å².